The molecule has 3 aromatic rings. The first-order chi connectivity index (χ1) is 12.3. The summed E-state index contributed by atoms with van der Waals surface area (Å²) < 4.78 is 0. The van der Waals surface area contributed by atoms with E-state index < -0.39 is 0 Å². The molecule has 2 aliphatic rings. The molecule has 2 atom stereocenters. The maximum atomic E-state index is 5.74. The minimum absolute atomic E-state index is 0.0860. The Labute approximate surface area is 146 Å². The number of fused-ring (bicyclic) bond motifs is 2. The first kappa shape index (κ1) is 14.4. The molecular formula is C20H18N4O. The van der Waals surface area contributed by atoms with E-state index in [1.54, 1.807) is 0 Å². The highest BCUT2D eigenvalue weighted by Crippen LogP contribution is 2.33. The van der Waals surface area contributed by atoms with Gasteiger partial charge < -0.3 is 9.74 Å². The number of para-hydroxylation sites is 2. The van der Waals surface area contributed by atoms with Crippen LogP contribution in [0, 0.1) is 12.8 Å². The molecule has 0 bridgehead atoms. The van der Waals surface area contributed by atoms with E-state index in [1.165, 1.54) is 11.1 Å². The molecule has 0 amide bonds. The van der Waals surface area contributed by atoms with Gasteiger partial charge in [0.05, 0.1) is 35.4 Å². The lowest BCUT2D eigenvalue weighted by atomic mass is 9.92. The molecule has 124 valence electrons. The molecule has 2 aromatic carbocycles. The number of aryl methyl sites for hydroxylation is 1. The van der Waals surface area contributed by atoms with Crippen molar-refractivity contribution in [3.63, 3.8) is 0 Å². The van der Waals surface area contributed by atoms with Gasteiger partial charge >= 0.3 is 0 Å². The Bertz CT molecular complexity index is 984. The number of aromatic nitrogens is 2. The van der Waals surface area contributed by atoms with Gasteiger partial charge in [0.25, 0.3) is 0 Å². The summed E-state index contributed by atoms with van der Waals surface area (Å²) in [6.07, 6.45) is 1.94. The number of hydrogen-bond donors (Lipinski definition) is 0. The van der Waals surface area contributed by atoms with Crippen molar-refractivity contribution >= 4 is 22.6 Å². The van der Waals surface area contributed by atoms with Gasteiger partial charge in [0.2, 0.25) is 0 Å². The summed E-state index contributed by atoms with van der Waals surface area (Å²) in [4.78, 5) is 17.3. The molecule has 0 radical (unpaired) electrons. The normalized spacial score (nSPS) is 22.0. The summed E-state index contributed by atoms with van der Waals surface area (Å²) in [6.45, 7) is 3.76. The predicted molar refractivity (Wildman–Crippen MR) is 97.8 cm³/mol. The molecule has 0 spiro atoms. The first-order valence-electron chi connectivity index (χ1n) is 8.56. The molecule has 3 heterocycles. The van der Waals surface area contributed by atoms with Crippen LogP contribution in [-0.2, 0) is 4.84 Å². The number of oxime groups is 1. The summed E-state index contributed by atoms with van der Waals surface area (Å²) in [5.41, 5.74) is 5.31. The molecule has 0 aliphatic carbocycles. The zero-order valence-electron chi connectivity index (χ0n) is 14.0. The van der Waals surface area contributed by atoms with Crippen LogP contribution < -0.4 is 4.90 Å². The van der Waals surface area contributed by atoms with E-state index in [0.29, 0.717) is 0 Å². The van der Waals surface area contributed by atoms with E-state index >= 15 is 0 Å². The van der Waals surface area contributed by atoms with Gasteiger partial charge in [0, 0.05) is 12.1 Å². The molecule has 0 N–H and O–H groups in total. The molecule has 1 aromatic heterocycles. The van der Waals surface area contributed by atoms with Crippen molar-refractivity contribution in [2.24, 2.45) is 11.1 Å². The highest BCUT2D eigenvalue weighted by Gasteiger charge is 2.43. The standard InChI is InChI=1S/C20H18N4O/c1-13-6-2-3-7-14(13)20-15-11-24(12-18(15)25-23-20)19-10-21-16-8-4-5-9-17(16)22-19/h2-10,15,18H,11-12H2,1H3. The Morgan fingerprint density at radius 1 is 1.00 bits per heavy atom. The maximum absolute atomic E-state index is 5.74. The highest BCUT2D eigenvalue weighted by molar-refractivity contribution is 6.04. The Hall–Kier alpha value is -2.95. The molecule has 5 nitrogen and oxygen atoms in total. The zero-order valence-corrected chi connectivity index (χ0v) is 14.0. The second-order valence-corrected chi connectivity index (χ2v) is 6.66. The van der Waals surface area contributed by atoms with Crippen LogP contribution in [0.2, 0.25) is 0 Å². The van der Waals surface area contributed by atoms with Gasteiger partial charge in [0.1, 0.15) is 5.82 Å². The van der Waals surface area contributed by atoms with Crippen LogP contribution >= 0.6 is 0 Å². The summed E-state index contributed by atoms with van der Waals surface area (Å²) in [6, 6.07) is 16.3. The SMILES string of the molecule is Cc1ccccc1C1=NOC2CN(c3cnc4ccccc4n3)CC12. The lowest BCUT2D eigenvalue weighted by molar-refractivity contribution is 0.0853. The van der Waals surface area contributed by atoms with E-state index in [9.17, 15) is 0 Å². The van der Waals surface area contributed by atoms with Crippen molar-refractivity contribution in [1.29, 1.82) is 0 Å². The fourth-order valence-electron chi connectivity index (χ4n) is 3.73. The van der Waals surface area contributed by atoms with E-state index in [4.69, 9.17) is 9.82 Å². The van der Waals surface area contributed by atoms with E-state index in [1.807, 2.05) is 30.5 Å². The number of anilines is 1. The Morgan fingerprint density at radius 3 is 2.68 bits per heavy atom. The number of hydrogen-bond acceptors (Lipinski definition) is 5. The largest absolute Gasteiger partial charge is 0.390 e. The van der Waals surface area contributed by atoms with E-state index in [0.717, 1.165) is 35.7 Å². The molecule has 0 saturated carbocycles. The first-order valence-corrected chi connectivity index (χ1v) is 8.56. The van der Waals surface area contributed by atoms with Crippen molar-refractivity contribution in [2.45, 2.75) is 13.0 Å². The maximum Gasteiger partial charge on any atom is 0.155 e. The summed E-state index contributed by atoms with van der Waals surface area (Å²) in [5.74, 6) is 1.18. The Kier molecular flexibility index (Phi) is 3.20. The lowest BCUT2D eigenvalue weighted by Crippen LogP contribution is -2.24. The zero-order chi connectivity index (χ0) is 16.8. The molecular weight excluding hydrogens is 312 g/mol. The van der Waals surface area contributed by atoms with Crippen LogP contribution in [0.25, 0.3) is 11.0 Å². The Balaban J connectivity index is 1.44. The third-order valence-corrected chi connectivity index (χ3v) is 5.08. The molecule has 2 aliphatic heterocycles. The second-order valence-electron chi connectivity index (χ2n) is 6.66. The van der Waals surface area contributed by atoms with Gasteiger partial charge in [-0.1, -0.05) is 41.6 Å². The molecule has 25 heavy (non-hydrogen) atoms. The monoisotopic (exact) mass is 330 g/mol. The quantitative estimate of drug-likeness (QED) is 0.724. The Morgan fingerprint density at radius 2 is 1.80 bits per heavy atom. The summed E-state index contributed by atoms with van der Waals surface area (Å²) >= 11 is 0. The highest BCUT2D eigenvalue weighted by atomic mass is 16.6. The van der Waals surface area contributed by atoms with Crippen LogP contribution in [0.15, 0.2) is 59.9 Å². The minimum atomic E-state index is 0.0860. The van der Waals surface area contributed by atoms with E-state index in [-0.39, 0.29) is 12.0 Å². The van der Waals surface area contributed by atoms with Gasteiger partial charge in [-0.05, 0) is 24.6 Å². The number of rotatable bonds is 2. The van der Waals surface area contributed by atoms with Gasteiger partial charge in [-0.15, -0.1) is 0 Å². The molecule has 1 fully saturated rings. The molecule has 5 heteroatoms. The topological polar surface area (TPSA) is 50.6 Å². The fraction of sp³-hybridized carbons (Fsp3) is 0.250. The van der Waals surface area contributed by atoms with Crippen LogP contribution in [0.3, 0.4) is 0 Å². The summed E-state index contributed by atoms with van der Waals surface area (Å²) in [5, 5.41) is 4.38. The fourth-order valence-corrected chi connectivity index (χ4v) is 3.73. The van der Waals surface area contributed by atoms with Crippen molar-refractivity contribution in [3.8, 4) is 0 Å². The van der Waals surface area contributed by atoms with Gasteiger partial charge in [-0.2, -0.15) is 0 Å². The smallest absolute Gasteiger partial charge is 0.155 e. The van der Waals surface area contributed by atoms with Gasteiger partial charge in [-0.25, -0.2) is 4.98 Å². The summed E-state index contributed by atoms with van der Waals surface area (Å²) in [7, 11) is 0. The van der Waals surface area contributed by atoms with Crippen LogP contribution in [0.4, 0.5) is 5.82 Å². The predicted octanol–water partition coefficient (Wildman–Crippen LogP) is 3.18. The van der Waals surface area contributed by atoms with Gasteiger partial charge in [-0.3, -0.25) is 4.98 Å². The molecule has 1 saturated heterocycles. The average Bonchev–Trinajstić information content (AvgIpc) is 3.23. The lowest BCUT2D eigenvalue weighted by Gasteiger charge is -2.18. The number of benzene rings is 2. The van der Waals surface area contributed by atoms with Crippen LogP contribution in [-0.4, -0.2) is 34.9 Å². The van der Waals surface area contributed by atoms with Crippen LogP contribution in [0.5, 0.6) is 0 Å². The van der Waals surface area contributed by atoms with Crippen molar-refractivity contribution in [1.82, 2.24) is 9.97 Å². The minimum Gasteiger partial charge on any atom is -0.390 e. The van der Waals surface area contributed by atoms with E-state index in [2.05, 4.69) is 46.2 Å². The number of nitrogens with zero attached hydrogens (tertiary/aromatic N) is 4. The van der Waals surface area contributed by atoms with Crippen LogP contribution in [0.1, 0.15) is 11.1 Å². The third-order valence-electron chi connectivity index (χ3n) is 5.08. The third kappa shape index (κ3) is 2.35. The average molecular weight is 330 g/mol. The molecule has 2 unspecified atom stereocenters. The molecule has 5 rings (SSSR count). The van der Waals surface area contributed by atoms with Gasteiger partial charge in [0.15, 0.2) is 6.10 Å². The van der Waals surface area contributed by atoms with Crippen molar-refractivity contribution in [3.05, 3.63) is 65.9 Å². The van der Waals surface area contributed by atoms with Crippen molar-refractivity contribution < 1.29 is 4.84 Å². The van der Waals surface area contributed by atoms with Crippen molar-refractivity contribution in [2.75, 3.05) is 18.0 Å². The second kappa shape index (κ2) is 5.55.